The summed E-state index contributed by atoms with van der Waals surface area (Å²) in [6.07, 6.45) is 4.67. The monoisotopic (exact) mass is 801 g/mol. The van der Waals surface area contributed by atoms with E-state index in [1.165, 1.54) is 12.0 Å². The molecule has 3 fully saturated rings. The smallest absolute Gasteiger partial charge is 0.407 e. The number of rotatable bonds is 8. The first-order valence-electron chi connectivity index (χ1n) is 19.4. The van der Waals surface area contributed by atoms with Crippen LogP contribution in [0, 0.1) is 5.92 Å². The molecule has 2 aliphatic carbocycles. The standard InChI is InChI=1S/C39H49F2N5O9S/c1-4-18-54-36(50)43-28-11-9-7-5-6-8-10-23-20-39(23,35(49)45-56(51,52)37(2)16-17-37)44-33(47)29-21-38(22-46(29)34(28)48)15-14-25-26-19-24(53-3)12-13-27(26)42-30(32(40)41)31(25)55-38/h8,10,12-13,19,23,28-29,32H,4-7,9,11,14-18,20-22H2,1-3H3,(H,43,50)(H,44,47)(H,45,49). The molecule has 0 bridgehead atoms. The highest BCUT2D eigenvalue weighted by Gasteiger charge is 2.64. The van der Waals surface area contributed by atoms with Crippen molar-refractivity contribution < 1.29 is 50.6 Å². The number of aryl methyl sites for hydroxylation is 1. The number of nitrogens with one attached hydrogen (secondary N) is 3. The highest BCUT2D eigenvalue weighted by molar-refractivity contribution is 7.91. The molecule has 1 aromatic heterocycles. The zero-order valence-corrected chi connectivity index (χ0v) is 32.6. The maximum atomic E-state index is 14.7. The lowest BCUT2D eigenvalue weighted by atomic mass is 9.87. The largest absolute Gasteiger partial charge is 0.497 e. The predicted octanol–water partition coefficient (Wildman–Crippen LogP) is 4.74. The fourth-order valence-electron chi connectivity index (χ4n) is 8.19. The van der Waals surface area contributed by atoms with Crippen LogP contribution < -0.4 is 24.8 Å². The molecule has 4 amide bonds. The van der Waals surface area contributed by atoms with E-state index in [2.05, 4.69) is 20.3 Å². The third-order valence-corrected chi connectivity index (χ3v) is 14.1. The third-order valence-electron chi connectivity index (χ3n) is 12.0. The van der Waals surface area contributed by atoms with E-state index in [-0.39, 0.29) is 51.0 Å². The molecule has 14 nitrogen and oxygen atoms in total. The molecule has 2 aromatic rings. The quantitative estimate of drug-likeness (QED) is 0.316. The van der Waals surface area contributed by atoms with Crippen LogP contribution in [0.4, 0.5) is 13.6 Å². The van der Waals surface area contributed by atoms with E-state index in [1.807, 2.05) is 19.1 Å². The summed E-state index contributed by atoms with van der Waals surface area (Å²) < 4.78 is 74.0. The van der Waals surface area contributed by atoms with Gasteiger partial charge in [0.15, 0.2) is 5.75 Å². The van der Waals surface area contributed by atoms with Crippen molar-refractivity contribution in [3.63, 3.8) is 0 Å². The number of carbonyl (C=O) groups excluding carboxylic acids is 4. The molecule has 17 heteroatoms. The Morgan fingerprint density at radius 3 is 2.64 bits per heavy atom. The topological polar surface area (TPSA) is 182 Å². The average molecular weight is 802 g/mol. The third kappa shape index (κ3) is 7.50. The number of ether oxygens (including phenoxy) is 3. The number of sulfonamides is 1. The number of pyridine rings is 1. The number of aromatic nitrogens is 1. The van der Waals surface area contributed by atoms with Crippen molar-refractivity contribution in [2.24, 2.45) is 5.92 Å². The van der Waals surface area contributed by atoms with Crippen molar-refractivity contribution in [3.05, 3.63) is 41.6 Å². The maximum absolute atomic E-state index is 14.7. The molecule has 3 aliphatic heterocycles. The number of hydrogen-bond donors (Lipinski definition) is 3. The summed E-state index contributed by atoms with van der Waals surface area (Å²) in [6, 6.07) is 2.57. The lowest BCUT2D eigenvalue weighted by Gasteiger charge is -2.37. The highest BCUT2D eigenvalue weighted by atomic mass is 32.2. The van der Waals surface area contributed by atoms with E-state index in [0.717, 1.165) is 6.42 Å². The van der Waals surface area contributed by atoms with Gasteiger partial charge in [-0.05, 0) is 82.9 Å². The minimum absolute atomic E-state index is 0.123. The number of allylic oxidation sites excluding steroid dienone is 1. The van der Waals surface area contributed by atoms with E-state index in [9.17, 15) is 36.4 Å². The van der Waals surface area contributed by atoms with Crippen LogP contribution in [0.2, 0.25) is 0 Å². The lowest BCUT2D eigenvalue weighted by molar-refractivity contribution is -0.141. The number of fused-ring (bicyclic) bond motifs is 5. The first kappa shape index (κ1) is 39.7. The molecule has 5 unspecified atom stereocenters. The second-order valence-corrected chi connectivity index (χ2v) is 18.2. The van der Waals surface area contributed by atoms with Crippen molar-refractivity contribution in [1.82, 2.24) is 25.2 Å². The van der Waals surface area contributed by atoms with Gasteiger partial charge in [-0.15, -0.1) is 0 Å². The number of amides is 4. The molecule has 56 heavy (non-hydrogen) atoms. The molecule has 1 aromatic carbocycles. The second-order valence-electron chi connectivity index (χ2n) is 16.0. The van der Waals surface area contributed by atoms with Crippen molar-refractivity contribution in [1.29, 1.82) is 0 Å². The summed E-state index contributed by atoms with van der Waals surface area (Å²) in [6.45, 7) is 3.32. The first-order valence-corrected chi connectivity index (χ1v) is 20.9. The number of methoxy groups -OCH3 is 1. The average Bonchev–Trinajstić information content (AvgIpc) is 4.06. The number of benzene rings is 1. The fraction of sp³-hybridized carbons (Fsp3) is 0.615. The SMILES string of the molecule is CCCOC(=O)NC1CCCCCC=CC2CC2(C(=O)NS(=O)(=O)C2(C)CC2)NC(=O)C2CC3(CCc4c(c(C(F)F)nc5ccc(OC)cc45)O3)CN2C1=O. The summed E-state index contributed by atoms with van der Waals surface area (Å²) in [5, 5.41) is 6.10. The minimum atomic E-state index is -4.05. The van der Waals surface area contributed by atoms with Crippen LogP contribution in [0.15, 0.2) is 30.4 Å². The van der Waals surface area contributed by atoms with E-state index in [4.69, 9.17) is 14.2 Å². The number of nitrogens with zero attached hydrogens (tertiary/aromatic N) is 2. The molecular weight excluding hydrogens is 753 g/mol. The van der Waals surface area contributed by atoms with E-state index in [0.29, 0.717) is 60.7 Å². The van der Waals surface area contributed by atoms with Crippen molar-refractivity contribution >= 4 is 44.7 Å². The van der Waals surface area contributed by atoms with Crippen LogP contribution in [-0.2, 0) is 35.6 Å². The lowest BCUT2D eigenvalue weighted by Crippen LogP contribution is -2.58. The highest BCUT2D eigenvalue weighted by Crippen LogP contribution is 2.50. The molecule has 3 N–H and O–H groups in total. The second kappa shape index (κ2) is 15.1. The molecule has 5 aliphatic rings. The summed E-state index contributed by atoms with van der Waals surface area (Å²) in [5.74, 6) is -2.32. The molecule has 7 rings (SSSR count). The Hall–Kier alpha value is -4.54. The van der Waals surface area contributed by atoms with E-state index < -0.39 is 79.8 Å². The Labute approximate surface area is 324 Å². The van der Waals surface area contributed by atoms with Gasteiger partial charge < -0.3 is 29.7 Å². The Balaban J connectivity index is 1.25. The Morgan fingerprint density at radius 2 is 1.93 bits per heavy atom. The van der Waals surface area contributed by atoms with Gasteiger partial charge in [0.2, 0.25) is 21.8 Å². The van der Waals surface area contributed by atoms with E-state index >= 15 is 0 Å². The van der Waals surface area contributed by atoms with Gasteiger partial charge in [-0.25, -0.2) is 27.0 Å². The molecule has 5 atom stereocenters. The Kier molecular flexibility index (Phi) is 10.7. The number of halogens is 2. The Morgan fingerprint density at radius 1 is 1.14 bits per heavy atom. The maximum Gasteiger partial charge on any atom is 0.407 e. The minimum Gasteiger partial charge on any atom is -0.497 e. The van der Waals surface area contributed by atoms with Crippen molar-refractivity contribution in [3.8, 4) is 11.5 Å². The van der Waals surface area contributed by atoms with Crippen LogP contribution in [0.25, 0.3) is 10.9 Å². The van der Waals surface area contributed by atoms with Crippen molar-refractivity contribution in [2.45, 2.75) is 125 Å². The molecule has 304 valence electrons. The normalized spacial score (nSPS) is 28.5. The summed E-state index contributed by atoms with van der Waals surface area (Å²) in [7, 11) is -2.56. The van der Waals surface area contributed by atoms with Gasteiger partial charge in [-0.3, -0.25) is 19.1 Å². The number of carbonyl (C=O) groups is 4. The van der Waals surface area contributed by atoms with Gasteiger partial charge in [0, 0.05) is 23.3 Å². The Bertz CT molecular complexity index is 2060. The molecule has 1 saturated heterocycles. The first-order chi connectivity index (χ1) is 26.6. The molecule has 2 saturated carbocycles. The fourth-order valence-corrected chi connectivity index (χ4v) is 9.50. The number of hydrogen-bond acceptors (Lipinski definition) is 10. The summed E-state index contributed by atoms with van der Waals surface area (Å²) in [4.78, 5) is 61.5. The van der Waals surface area contributed by atoms with Crippen LogP contribution in [-0.4, -0.2) is 90.3 Å². The van der Waals surface area contributed by atoms with Gasteiger partial charge in [-0.2, -0.15) is 0 Å². The van der Waals surface area contributed by atoms with E-state index in [1.54, 1.807) is 25.1 Å². The zero-order chi connectivity index (χ0) is 40.0. The van der Waals surface area contributed by atoms with Crippen LogP contribution in [0.1, 0.15) is 102 Å². The number of alkyl halides is 2. The van der Waals surface area contributed by atoms with Gasteiger partial charge in [0.25, 0.3) is 12.3 Å². The molecule has 4 heterocycles. The molecule has 0 radical (unpaired) electrons. The molecular formula is C39H49F2N5O9S. The molecule has 1 spiro atoms. The van der Waals surface area contributed by atoms with Gasteiger partial charge in [0.05, 0.1) is 30.5 Å². The predicted molar refractivity (Wildman–Crippen MR) is 200 cm³/mol. The summed E-state index contributed by atoms with van der Waals surface area (Å²) in [5.41, 5.74) is -2.66. The van der Waals surface area contributed by atoms with Crippen LogP contribution in [0.5, 0.6) is 11.5 Å². The van der Waals surface area contributed by atoms with Crippen LogP contribution in [0.3, 0.4) is 0 Å². The number of alkyl carbamates (subject to hydrolysis) is 1. The van der Waals surface area contributed by atoms with Gasteiger partial charge >= 0.3 is 6.09 Å². The van der Waals surface area contributed by atoms with Gasteiger partial charge in [-0.1, -0.05) is 31.9 Å². The van der Waals surface area contributed by atoms with Crippen LogP contribution >= 0.6 is 0 Å². The van der Waals surface area contributed by atoms with Gasteiger partial charge in [0.1, 0.15) is 34.7 Å². The van der Waals surface area contributed by atoms with Crippen molar-refractivity contribution in [2.75, 3.05) is 20.3 Å². The summed E-state index contributed by atoms with van der Waals surface area (Å²) >= 11 is 0. The zero-order valence-electron chi connectivity index (χ0n) is 31.8.